The van der Waals surface area contributed by atoms with E-state index in [0.29, 0.717) is 5.56 Å². The number of benzene rings is 1. The average Bonchev–Trinajstić information content (AvgIpc) is 2.29. The molecule has 2 rings (SSSR count). The highest BCUT2D eigenvalue weighted by Gasteiger charge is 2.04. The molecule has 1 aromatic heterocycles. The Morgan fingerprint density at radius 3 is 2.82 bits per heavy atom. The van der Waals surface area contributed by atoms with Gasteiger partial charge in [-0.05, 0) is 42.8 Å². The molecule has 0 aliphatic heterocycles. The Labute approximate surface area is 104 Å². The molecule has 3 nitrogen and oxygen atoms in total. The summed E-state index contributed by atoms with van der Waals surface area (Å²) in [6.45, 7) is 2.00. The van der Waals surface area contributed by atoms with Gasteiger partial charge in [-0.1, -0.05) is 17.8 Å². The second-order valence-corrected chi connectivity index (χ2v) is 4.70. The van der Waals surface area contributed by atoms with Gasteiger partial charge >= 0.3 is 5.97 Å². The molecule has 2 aromatic rings. The van der Waals surface area contributed by atoms with Crippen LogP contribution in [0.4, 0.5) is 0 Å². The number of aromatic carboxylic acids is 1. The summed E-state index contributed by atoms with van der Waals surface area (Å²) in [6, 6.07) is 10.7. The van der Waals surface area contributed by atoms with E-state index in [1.165, 1.54) is 11.8 Å². The Kier molecular flexibility index (Phi) is 3.44. The van der Waals surface area contributed by atoms with Crippen molar-refractivity contribution in [3.05, 3.63) is 53.7 Å². The predicted molar refractivity (Wildman–Crippen MR) is 66.5 cm³/mol. The van der Waals surface area contributed by atoms with Crippen molar-refractivity contribution in [2.24, 2.45) is 0 Å². The van der Waals surface area contributed by atoms with Gasteiger partial charge in [0.2, 0.25) is 0 Å². The van der Waals surface area contributed by atoms with Gasteiger partial charge in [0, 0.05) is 11.1 Å². The first-order chi connectivity index (χ1) is 8.15. The van der Waals surface area contributed by atoms with E-state index in [0.717, 1.165) is 15.5 Å². The van der Waals surface area contributed by atoms with Gasteiger partial charge in [-0.2, -0.15) is 0 Å². The molecule has 0 radical (unpaired) electrons. The molecule has 0 fully saturated rings. The van der Waals surface area contributed by atoms with Crippen molar-refractivity contribution in [2.45, 2.75) is 16.8 Å². The van der Waals surface area contributed by atoms with Gasteiger partial charge in [0.15, 0.2) is 0 Å². The topological polar surface area (TPSA) is 50.2 Å². The number of hydrogen-bond donors (Lipinski definition) is 1. The van der Waals surface area contributed by atoms with Crippen molar-refractivity contribution in [2.75, 3.05) is 0 Å². The normalized spacial score (nSPS) is 10.2. The Balaban J connectivity index is 2.24. The Morgan fingerprint density at radius 1 is 1.29 bits per heavy atom. The third kappa shape index (κ3) is 3.07. The highest BCUT2D eigenvalue weighted by Crippen LogP contribution is 2.26. The zero-order valence-corrected chi connectivity index (χ0v) is 10.1. The van der Waals surface area contributed by atoms with Crippen LogP contribution in [0.2, 0.25) is 0 Å². The van der Waals surface area contributed by atoms with Crippen molar-refractivity contribution < 1.29 is 9.90 Å². The minimum atomic E-state index is -0.912. The van der Waals surface area contributed by atoms with Gasteiger partial charge in [-0.15, -0.1) is 0 Å². The van der Waals surface area contributed by atoms with Crippen LogP contribution in [0.1, 0.15) is 15.9 Å². The molecule has 0 aliphatic carbocycles. The fraction of sp³-hybridized carbons (Fsp3) is 0.0769. The molecule has 1 heterocycles. The van der Waals surface area contributed by atoms with Crippen LogP contribution in [0.25, 0.3) is 0 Å². The van der Waals surface area contributed by atoms with Gasteiger partial charge in [0.1, 0.15) is 5.03 Å². The zero-order chi connectivity index (χ0) is 12.3. The van der Waals surface area contributed by atoms with Gasteiger partial charge in [-0.25, -0.2) is 9.78 Å². The largest absolute Gasteiger partial charge is 0.478 e. The monoisotopic (exact) mass is 245 g/mol. The first-order valence-corrected chi connectivity index (χ1v) is 5.91. The van der Waals surface area contributed by atoms with E-state index in [4.69, 9.17) is 5.11 Å². The number of carbonyl (C=O) groups is 1. The molecular weight excluding hydrogens is 234 g/mol. The average molecular weight is 245 g/mol. The number of carboxylic acid groups (broad SMARTS) is 1. The summed E-state index contributed by atoms with van der Waals surface area (Å²) in [5.41, 5.74) is 1.43. The molecular formula is C13H11NO2S. The number of nitrogens with zero attached hydrogens (tertiary/aromatic N) is 1. The summed E-state index contributed by atoms with van der Waals surface area (Å²) >= 11 is 1.46. The smallest absolute Gasteiger partial charge is 0.335 e. The first-order valence-electron chi connectivity index (χ1n) is 5.09. The van der Waals surface area contributed by atoms with Crippen LogP contribution in [0.5, 0.6) is 0 Å². The lowest BCUT2D eigenvalue weighted by molar-refractivity contribution is 0.0696. The highest BCUT2D eigenvalue weighted by atomic mass is 32.2. The van der Waals surface area contributed by atoms with Gasteiger partial charge < -0.3 is 5.11 Å². The number of pyridine rings is 1. The maximum atomic E-state index is 10.8. The molecule has 1 aromatic carbocycles. The highest BCUT2D eigenvalue weighted by molar-refractivity contribution is 7.99. The molecule has 0 spiro atoms. The Hall–Kier alpha value is -1.81. The molecule has 0 atom stereocenters. The minimum absolute atomic E-state index is 0.294. The fourth-order valence-electron chi connectivity index (χ4n) is 1.38. The summed E-state index contributed by atoms with van der Waals surface area (Å²) < 4.78 is 0. The third-order valence-electron chi connectivity index (χ3n) is 2.19. The standard InChI is InChI=1S/C13H11NO2S/c1-9-5-6-14-12(7-9)17-11-4-2-3-10(8-11)13(15)16/h2-8H,1H3,(H,15,16). The molecule has 0 bridgehead atoms. The zero-order valence-electron chi connectivity index (χ0n) is 9.25. The van der Waals surface area contributed by atoms with Crippen LogP contribution >= 0.6 is 11.8 Å². The Bertz CT molecular complexity index is 555. The first kappa shape index (κ1) is 11.7. The van der Waals surface area contributed by atoms with E-state index >= 15 is 0 Å². The van der Waals surface area contributed by atoms with Crippen molar-refractivity contribution in [3.8, 4) is 0 Å². The Morgan fingerprint density at radius 2 is 2.12 bits per heavy atom. The third-order valence-corrected chi connectivity index (χ3v) is 3.12. The fourth-order valence-corrected chi connectivity index (χ4v) is 2.31. The molecule has 0 unspecified atom stereocenters. The minimum Gasteiger partial charge on any atom is -0.478 e. The number of rotatable bonds is 3. The van der Waals surface area contributed by atoms with E-state index in [9.17, 15) is 4.79 Å². The second kappa shape index (κ2) is 5.01. The van der Waals surface area contributed by atoms with Gasteiger partial charge in [-0.3, -0.25) is 0 Å². The van der Waals surface area contributed by atoms with Crippen LogP contribution in [0.3, 0.4) is 0 Å². The number of aryl methyl sites for hydroxylation is 1. The number of hydrogen-bond acceptors (Lipinski definition) is 3. The van der Waals surface area contributed by atoms with Crippen molar-refractivity contribution in [3.63, 3.8) is 0 Å². The molecule has 4 heteroatoms. The van der Waals surface area contributed by atoms with Crippen LogP contribution in [-0.2, 0) is 0 Å². The summed E-state index contributed by atoms with van der Waals surface area (Å²) in [5, 5.41) is 9.76. The van der Waals surface area contributed by atoms with E-state index < -0.39 is 5.97 Å². The van der Waals surface area contributed by atoms with E-state index in [1.54, 1.807) is 24.4 Å². The lowest BCUT2D eigenvalue weighted by Gasteiger charge is -2.02. The van der Waals surface area contributed by atoms with Crippen LogP contribution in [-0.4, -0.2) is 16.1 Å². The van der Waals surface area contributed by atoms with Crippen LogP contribution in [0.15, 0.2) is 52.5 Å². The summed E-state index contributed by atoms with van der Waals surface area (Å²) in [6.07, 6.45) is 1.75. The quantitative estimate of drug-likeness (QED) is 0.901. The number of aromatic nitrogens is 1. The van der Waals surface area contributed by atoms with E-state index in [2.05, 4.69) is 4.98 Å². The SMILES string of the molecule is Cc1ccnc(Sc2cccc(C(=O)O)c2)c1. The van der Waals surface area contributed by atoms with Crippen molar-refractivity contribution >= 4 is 17.7 Å². The van der Waals surface area contributed by atoms with E-state index in [-0.39, 0.29) is 0 Å². The number of carboxylic acids is 1. The molecule has 0 amide bonds. The molecule has 1 N–H and O–H groups in total. The molecule has 0 saturated heterocycles. The molecule has 0 saturated carbocycles. The molecule has 0 aliphatic rings. The predicted octanol–water partition coefficient (Wildman–Crippen LogP) is 3.24. The van der Waals surface area contributed by atoms with Gasteiger partial charge in [0.25, 0.3) is 0 Å². The maximum Gasteiger partial charge on any atom is 0.335 e. The van der Waals surface area contributed by atoms with Gasteiger partial charge in [0.05, 0.1) is 5.56 Å². The molecule has 17 heavy (non-hydrogen) atoms. The molecule has 86 valence electrons. The van der Waals surface area contributed by atoms with Crippen molar-refractivity contribution in [1.82, 2.24) is 4.98 Å². The second-order valence-electron chi connectivity index (χ2n) is 3.61. The summed E-state index contributed by atoms with van der Waals surface area (Å²) in [5.74, 6) is -0.912. The maximum absolute atomic E-state index is 10.8. The lowest BCUT2D eigenvalue weighted by Crippen LogP contribution is -1.95. The van der Waals surface area contributed by atoms with Crippen molar-refractivity contribution in [1.29, 1.82) is 0 Å². The van der Waals surface area contributed by atoms with Crippen LogP contribution < -0.4 is 0 Å². The van der Waals surface area contributed by atoms with Crippen LogP contribution in [0, 0.1) is 6.92 Å². The summed E-state index contributed by atoms with van der Waals surface area (Å²) in [7, 11) is 0. The van der Waals surface area contributed by atoms with E-state index in [1.807, 2.05) is 25.1 Å². The lowest BCUT2D eigenvalue weighted by atomic mass is 10.2. The summed E-state index contributed by atoms with van der Waals surface area (Å²) in [4.78, 5) is 15.9.